The van der Waals surface area contributed by atoms with Crippen molar-refractivity contribution in [3.63, 3.8) is 0 Å². The maximum absolute atomic E-state index is 11.3. The minimum Gasteiger partial charge on any atom is -0.215 e. The Morgan fingerprint density at radius 3 is 2.64 bits per heavy atom. The van der Waals surface area contributed by atoms with E-state index in [1.54, 1.807) is 0 Å². The minimum absolute atomic E-state index is 0.0590. The Bertz CT molecular complexity index is 247. The number of hydrogen-bond donors (Lipinski definition) is 1. The lowest BCUT2D eigenvalue weighted by Crippen LogP contribution is -2.27. The summed E-state index contributed by atoms with van der Waals surface area (Å²) in [5.74, 6) is 0.411. The summed E-state index contributed by atoms with van der Waals surface area (Å²) in [6.07, 6.45) is 4.26. The molecule has 1 N–H and O–H groups in total. The second-order valence-electron chi connectivity index (χ2n) is 3.48. The van der Waals surface area contributed by atoms with Crippen LogP contribution in [0, 0.1) is 5.92 Å². The third-order valence-corrected chi connectivity index (χ3v) is 4.77. The SMILES string of the molecule is O=S1(=O)NCC2CCCC[C@H]21. The van der Waals surface area contributed by atoms with Gasteiger partial charge in [-0.1, -0.05) is 12.8 Å². The molecule has 11 heavy (non-hydrogen) atoms. The standard InChI is InChI=1S/C7H13NO2S/c9-11(10)7-4-2-1-3-6(7)5-8-11/h6-8H,1-5H2/t6?,7-/m1/s1. The molecule has 2 fully saturated rings. The van der Waals surface area contributed by atoms with Crippen LogP contribution in [-0.2, 0) is 10.0 Å². The molecule has 0 spiro atoms. The maximum Gasteiger partial charge on any atom is 0.214 e. The molecule has 2 rings (SSSR count). The van der Waals surface area contributed by atoms with Gasteiger partial charge in [-0.15, -0.1) is 0 Å². The predicted octanol–water partition coefficient (Wildman–Crippen LogP) is 0.478. The summed E-state index contributed by atoms with van der Waals surface area (Å²) >= 11 is 0. The van der Waals surface area contributed by atoms with Crippen molar-refractivity contribution in [3.05, 3.63) is 0 Å². The van der Waals surface area contributed by atoms with Crippen LogP contribution >= 0.6 is 0 Å². The van der Waals surface area contributed by atoms with Crippen LogP contribution in [0.15, 0.2) is 0 Å². The summed E-state index contributed by atoms with van der Waals surface area (Å²) in [5.41, 5.74) is 0. The second kappa shape index (κ2) is 2.45. The number of rotatable bonds is 0. The molecule has 1 saturated heterocycles. The summed E-state index contributed by atoms with van der Waals surface area (Å²) in [5, 5.41) is -0.0590. The molecule has 0 aromatic rings. The first-order valence-corrected chi connectivity index (χ1v) is 5.73. The highest BCUT2D eigenvalue weighted by Gasteiger charge is 2.40. The molecule has 4 heteroatoms. The van der Waals surface area contributed by atoms with Crippen LogP contribution in [0.2, 0.25) is 0 Å². The van der Waals surface area contributed by atoms with E-state index >= 15 is 0 Å². The zero-order valence-corrected chi connectivity index (χ0v) is 7.23. The van der Waals surface area contributed by atoms with E-state index < -0.39 is 10.0 Å². The molecule has 1 heterocycles. The van der Waals surface area contributed by atoms with Crippen molar-refractivity contribution in [2.75, 3.05) is 6.54 Å². The lowest BCUT2D eigenvalue weighted by atomic mass is 9.89. The largest absolute Gasteiger partial charge is 0.215 e. The molecule has 2 aliphatic rings. The molecule has 1 unspecified atom stereocenters. The Kier molecular flexibility index (Phi) is 1.68. The van der Waals surface area contributed by atoms with Gasteiger partial charge in [0.2, 0.25) is 10.0 Å². The van der Waals surface area contributed by atoms with Crippen LogP contribution in [0.5, 0.6) is 0 Å². The lowest BCUT2D eigenvalue weighted by Gasteiger charge is -2.21. The zero-order chi connectivity index (χ0) is 7.90. The average molecular weight is 175 g/mol. The monoisotopic (exact) mass is 175 g/mol. The smallest absolute Gasteiger partial charge is 0.214 e. The van der Waals surface area contributed by atoms with Crippen molar-refractivity contribution in [1.29, 1.82) is 0 Å². The Morgan fingerprint density at radius 2 is 1.91 bits per heavy atom. The quantitative estimate of drug-likeness (QED) is 0.582. The molecule has 0 radical (unpaired) electrons. The fourth-order valence-corrected chi connectivity index (χ4v) is 4.02. The molecule has 2 atom stereocenters. The molecular weight excluding hydrogens is 162 g/mol. The van der Waals surface area contributed by atoms with Crippen molar-refractivity contribution in [1.82, 2.24) is 4.72 Å². The Labute approximate surface area is 67.2 Å². The Hall–Kier alpha value is -0.0900. The van der Waals surface area contributed by atoms with Crippen molar-refractivity contribution < 1.29 is 8.42 Å². The van der Waals surface area contributed by atoms with E-state index in [0.29, 0.717) is 12.5 Å². The zero-order valence-electron chi connectivity index (χ0n) is 6.41. The van der Waals surface area contributed by atoms with E-state index in [1.807, 2.05) is 0 Å². The van der Waals surface area contributed by atoms with Crippen LogP contribution in [0.4, 0.5) is 0 Å². The Balaban J connectivity index is 2.23. The molecule has 0 aromatic heterocycles. The first-order valence-electron chi connectivity index (χ1n) is 4.18. The lowest BCUT2D eigenvalue weighted by molar-refractivity contribution is 0.384. The molecule has 0 amide bonds. The van der Waals surface area contributed by atoms with Gasteiger partial charge in [0.1, 0.15) is 0 Å². The van der Waals surface area contributed by atoms with Gasteiger partial charge in [0.25, 0.3) is 0 Å². The summed E-state index contributed by atoms with van der Waals surface area (Å²) < 4.78 is 25.2. The fraction of sp³-hybridized carbons (Fsp3) is 1.00. The van der Waals surface area contributed by atoms with E-state index in [2.05, 4.69) is 4.72 Å². The predicted molar refractivity (Wildman–Crippen MR) is 42.7 cm³/mol. The first-order chi connectivity index (χ1) is 5.20. The maximum atomic E-state index is 11.3. The number of fused-ring (bicyclic) bond motifs is 1. The van der Waals surface area contributed by atoms with E-state index in [4.69, 9.17) is 0 Å². The van der Waals surface area contributed by atoms with Crippen molar-refractivity contribution in [2.24, 2.45) is 5.92 Å². The molecule has 64 valence electrons. The normalized spacial score (nSPS) is 41.8. The summed E-state index contributed by atoms with van der Waals surface area (Å²) in [6.45, 7) is 0.688. The average Bonchev–Trinajstić information content (AvgIpc) is 2.29. The topological polar surface area (TPSA) is 46.2 Å². The van der Waals surface area contributed by atoms with Gasteiger partial charge in [-0.2, -0.15) is 0 Å². The van der Waals surface area contributed by atoms with Gasteiger partial charge in [0, 0.05) is 6.54 Å². The third-order valence-electron chi connectivity index (χ3n) is 2.78. The molecule has 1 saturated carbocycles. The number of hydrogen-bond acceptors (Lipinski definition) is 2. The van der Waals surface area contributed by atoms with Gasteiger partial charge in [-0.25, -0.2) is 13.1 Å². The van der Waals surface area contributed by atoms with Gasteiger partial charge >= 0.3 is 0 Å². The van der Waals surface area contributed by atoms with Gasteiger partial charge in [0.05, 0.1) is 5.25 Å². The van der Waals surface area contributed by atoms with E-state index in [1.165, 1.54) is 6.42 Å². The molecule has 3 nitrogen and oxygen atoms in total. The highest BCUT2D eigenvalue weighted by atomic mass is 32.2. The summed E-state index contributed by atoms with van der Waals surface area (Å²) in [4.78, 5) is 0. The molecular formula is C7H13NO2S. The molecule has 1 aliphatic carbocycles. The second-order valence-corrected chi connectivity index (χ2v) is 5.46. The van der Waals surface area contributed by atoms with Gasteiger partial charge in [-0.05, 0) is 18.8 Å². The van der Waals surface area contributed by atoms with Crippen molar-refractivity contribution in [3.8, 4) is 0 Å². The van der Waals surface area contributed by atoms with Gasteiger partial charge < -0.3 is 0 Å². The summed E-state index contributed by atoms with van der Waals surface area (Å²) in [6, 6.07) is 0. The van der Waals surface area contributed by atoms with Crippen molar-refractivity contribution in [2.45, 2.75) is 30.9 Å². The first kappa shape index (κ1) is 7.55. The minimum atomic E-state index is -2.90. The van der Waals surface area contributed by atoms with Gasteiger partial charge in [0.15, 0.2) is 0 Å². The molecule has 1 aliphatic heterocycles. The van der Waals surface area contributed by atoms with E-state index in [-0.39, 0.29) is 5.25 Å². The van der Waals surface area contributed by atoms with Crippen LogP contribution < -0.4 is 4.72 Å². The third kappa shape index (κ3) is 1.18. The van der Waals surface area contributed by atoms with Gasteiger partial charge in [-0.3, -0.25) is 0 Å². The molecule has 0 aromatic carbocycles. The fourth-order valence-electron chi connectivity index (χ4n) is 2.15. The van der Waals surface area contributed by atoms with E-state index in [0.717, 1.165) is 19.3 Å². The highest BCUT2D eigenvalue weighted by Crippen LogP contribution is 2.32. The number of nitrogens with one attached hydrogen (secondary N) is 1. The molecule has 0 bridgehead atoms. The van der Waals surface area contributed by atoms with Crippen LogP contribution in [0.3, 0.4) is 0 Å². The highest BCUT2D eigenvalue weighted by molar-refractivity contribution is 7.90. The van der Waals surface area contributed by atoms with Crippen LogP contribution in [-0.4, -0.2) is 20.2 Å². The Morgan fingerprint density at radius 1 is 1.18 bits per heavy atom. The summed E-state index contributed by atoms with van der Waals surface area (Å²) in [7, 11) is -2.90. The van der Waals surface area contributed by atoms with Crippen LogP contribution in [0.1, 0.15) is 25.7 Å². The van der Waals surface area contributed by atoms with E-state index in [9.17, 15) is 8.42 Å². The van der Waals surface area contributed by atoms with Crippen molar-refractivity contribution >= 4 is 10.0 Å². The van der Waals surface area contributed by atoms with Crippen LogP contribution in [0.25, 0.3) is 0 Å². The number of sulfonamides is 1.